The highest BCUT2D eigenvalue weighted by atomic mass is 32.2. The number of thioether (sulfide) groups is 1. The van der Waals surface area contributed by atoms with Gasteiger partial charge in [0.05, 0.1) is 5.88 Å². The lowest BCUT2D eigenvalue weighted by atomic mass is 10.2. The second-order valence-electron chi connectivity index (χ2n) is 5.67. The average Bonchev–Trinajstić information content (AvgIpc) is 2.77. The summed E-state index contributed by atoms with van der Waals surface area (Å²) in [6.07, 6.45) is 1.23. The molecule has 6 N–H and O–H groups in total. The number of anilines is 1. The van der Waals surface area contributed by atoms with Gasteiger partial charge in [-0.3, -0.25) is 9.13 Å². The summed E-state index contributed by atoms with van der Waals surface area (Å²) >= 11 is 1.28. The summed E-state index contributed by atoms with van der Waals surface area (Å²) in [4.78, 5) is 47.7. The Labute approximate surface area is 148 Å². The number of nitrogen functional groups attached to an aromatic ring is 1. The molecule has 0 saturated heterocycles. The fourth-order valence-corrected chi connectivity index (χ4v) is 6.22. The minimum Gasteiger partial charge on any atom is -0.383 e. The van der Waals surface area contributed by atoms with Crippen molar-refractivity contribution in [3.8, 4) is 0 Å². The number of allylic oxidation sites excluding steroid dienone is 2. The van der Waals surface area contributed by atoms with Crippen molar-refractivity contribution in [2.24, 2.45) is 0 Å². The first kappa shape index (κ1) is 20.4. The molecule has 0 atom stereocenters. The highest BCUT2D eigenvalue weighted by Gasteiger charge is 2.44. The van der Waals surface area contributed by atoms with Gasteiger partial charge in [-0.1, -0.05) is 0 Å². The van der Waals surface area contributed by atoms with Gasteiger partial charge in [-0.25, -0.2) is 9.97 Å². The molecule has 1 aromatic heterocycles. The Morgan fingerprint density at radius 1 is 1.28 bits per heavy atom. The standard InChI is InChI=1S/C12H20N4O6P2S/c1-7-10(3-11(23(17,18)19)24(20,21)22)25-6-16(7)5-9-4-14-8(2)15-12(9)13/h4,11H,3,5-6H2,1-2H3,(H2,13,14,15)(H2,17,18,19)(H2,20,21,22). The fraction of sp³-hybridized carbons (Fsp3) is 0.500. The second-order valence-corrected chi connectivity index (χ2v) is 10.7. The molecular formula is C12H20N4O6P2S. The molecule has 0 fully saturated rings. The minimum atomic E-state index is -4.95. The van der Waals surface area contributed by atoms with Crippen LogP contribution in [0.3, 0.4) is 0 Å². The van der Waals surface area contributed by atoms with Crippen LogP contribution in [0.5, 0.6) is 0 Å². The molecule has 0 amide bonds. The van der Waals surface area contributed by atoms with Crippen LogP contribution >= 0.6 is 27.0 Å². The Morgan fingerprint density at radius 2 is 1.88 bits per heavy atom. The predicted octanol–water partition coefficient (Wildman–Crippen LogP) is 1.18. The summed E-state index contributed by atoms with van der Waals surface area (Å²) in [5.74, 6) is 1.38. The molecule has 0 saturated carbocycles. The van der Waals surface area contributed by atoms with Gasteiger partial charge in [-0.2, -0.15) is 0 Å². The maximum Gasteiger partial charge on any atom is 0.341 e. The molecule has 0 spiro atoms. The van der Waals surface area contributed by atoms with Crippen LogP contribution in [-0.2, 0) is 15.7 Å². The summed E-state index contributed by atoms with van der Waals surface area (Å²) in [7, 11) is -9.89. The lowest BCUT2D eigenvalue weighted by Gasteiger charge is -2.21. The van der Waals surface area contributed by atoms with Gasteiger partial charge in [0.15, 0.2) is 5.40 Å². The second kappa shape index (κ2) is 7.36. The maximum atomic E-state index is 11.4. The third-order valence-electron chi connectivity index (χ3n) is 3.80. The van der Waals surface area contributed by atoms with Crippen molar-refractivity contribution in [2.75, 3.05) is 11.6 Å². The van der Waals surface area contributed by atoms with Crippen LogP contribution in [0.15, 0.2) is 16.8 Å². The lowest BCUT2D eigenvalue weighted by Crippen LogP contribution is -2.19. The fourth-order valence-electron chi connectivity index (χ4n) is 2.34. The molecule has 25 heavy (non-hydrogen) atoms. The predicted molar refractivity (Wildman–Crippen MR) is 94.4 cm³/mol. The van der Waals surface area contributed by atoms with E-state index in [9.17, 15) is 28.7 Å². The molecule has 0 bridgehead atoms. The van der Waals surface area contributed by atoms with Gasteiger partial charge in [-0.15, -0.1) is 11.8 Å². The Balaban J connectivity index is 2.20. The molecule has 1 aliphatic rings. The normalized spacial score (nSPS) is 16.2. The Kier molecular flexibility index (Phi) is 6.00. The third-order valence-corrected chi connectivity index (χ3v) is 8.77. The molecule has 2 rings (SSSR count). The van der Waals surface area contributed by atoms with Crippen molar-refractivity contribution in [2.45, 2.75) is 32.2 Å². The lowest BCUT2D eigenvalue weighted by molar-refractivity contribution is 0.338. The van der Waals surface area contributed by atoms with E-state index in [1.807, 2.05) is 4.90 Å². The van der Waals surface area contributed by atoms with E-state index >= 15 is 0 Å². The van der Waals surface area contributed by atoms with Crippen LogP contribution in [0, 0.1) is 6.92 Å². The molecule has 140 valence electrons. The van der Waals surface area contributed by atoms with Crippen LogP contribution in [0.2, 0.25) is 0 Å². The smallest absolute Gasteiger partial charge is 0.341 e. The van der Waals surface area contributed by atoms with Crippen LogP contribution in [0.1, 0.15) is 24.7 Å². The average molecular weight is 410 g/mol. The van der Waals surface area contributed by atoms with Crippen molar-refractivity contribution in [1.29, 1.82) is 0 Å². The molecule has 13 heteroatoms. The molecule has 10 nitrogen and oxygen atoms in total. The highest BCUT2D eigenvalue weighted by Crippen LogP contribution is 2.63. The Bertz CT molecular complexity index is 770. The number of nitrogens with zero attached hydrogens (tertiary/aromatic N) is 3. The van der Waals surface area contributed by atoms with E-state index in [4.69, 9.17) is 5.73 Å². The molecule has 0 aliphatic carbocycles. The molecule has 1 aromatic rings. The summed E-state index contributed by atoms with van der Waals surface area (Å²) in [5, 5.41) is -2.04. The van der Waals surface area contributed by atoms with E-state index in [1.54, 1.807) is 20.0 Å². The third kappa shape index (κ3) is 5.04. The number of hydrogen-bond donors (Lipinski definition) is 5. The number of nitrogens with two attached hydrogens (primary N) is 1. The van der Waals surface area contributed by atoms with Crippen molar-refractivity contribution in [1.82, 2.24) is 14.9 Å². The zero-order valence-corrected chi connectivity index (χ0v) is 16.2. The van der Waals surface area contributed by atoms with Gasteiger partial charge < -0.3 is 30.2 Å². The summed E-state index contributed by atoms with van der Waals surface area (Å²) in [6, 6.07) is 0. The number of rotatable bonds is 6. The summed E-state index contributed by atoms with van der Waals surface area (Å²) < 4.78 is 22.9. The number of aryl methyl sites for hydroxylation is 1. The first-order chi connectivity index (χ1) is 11.4. The van der Waals surface area contributed by atoms with Gasteiger partial charge >= 0.3 is 15.2 Å². The van der Waals surface area contributed by atoms with E-state index in [-0.39, 0.29) is 6.42 Å². The van der Waals surface area contributed by atoms with Gasteiger partial charge in [-0.05, 0) is 13.8 Å². The summed E-state index contributed by atoms with van der Waals surface area (Å²) in [6.45, 7) is 3.85. The largest absolute Gasteiger partial charge is 0.383 e. The number of aromatic nitrogens is 2. The van der Waals surface area contributed by atoms with Gasteiger partial charge in [0.25, 0.3) is 0 Å². The molecule has 1 aliphatic heterocycles. The molecule has 0 radical (unpaired) electrons. The first-order valence-corrected chi connectivity index (χ1v) is 11.5. The van der Waals surface area contributed by atoms with Gasteiger partial charge in [0.1, 0.15) is 11.6 Å². The highest BCUT2D eigenvalue weighted by molar-refractivity contribution is 8.03. The monoisotopic (exact) mass is 410 g/mol. The van der Waals surface area contributed by atoms with E-state index in [0.29, 0.717) is 40.2 Å². The van der Waals surface area contributed by atoms with E-state index in [1.165, 1.54) is 11.8 Å². The van der Waals surface area contributed by atoms with E-state index in [2.05, 4.69) is 9.97 Å². The topological polar surface area (TPSA) is 170 Å². The van der Waals surface area contributed by atoms with Gasteiger partial charge in [0, 0.05) is 35.3 Å². The SMILES string of the molecule is CC1=C(CC(P(=O)(O)O)P(=O)(O)O)SCN1Cc1cnc(C)nc1N. The van der Waals surface area contributed by atoms with Crippen LogP contribution < -0.4 is 5.73 Å². The summed E-state index contributed by atoms with van der Waals surface area (Å²) in [5.41, 5.74) is 7.26. The number of hydrogen-bond acceptors (Lipinski definition) is 7. The maximum absolute atomic E-state index is 11.4. The van der Waals surface area contributed by atoms with Crippen molar-refractivity contribution < 1.29 is 28.7 Å². The first-order valence-electron chi connectivity index (χ1n) is 7.15. The van der Waals surface area contributed by atoms with Crippen molar-refractivity contribution in [3.63, 3.8) is 0 Å². The van der Waals surface area contributed by atoms with Crippen LogP contribution in [0.25, 0.3) is 0 Å². The van der Waals surface area contributed by atoms with Gasteiger partial charge in [0.2, 0.25) is 0 Å². The molecular weight excluding hydrogens is 390 g/mol. The Morgan fingerprint density at radius 3 is 2.40 bits per heavy atom. The minimum absolute atomic E-state index is 0.349. The van der Waals surface area contributed by atoms with Crippen molar-refractivity contribution in [3.05, 3.63) is 28.2 Å². The molecule has 0 aromatic carbocycles. The van der Waals surface area contributed by atoms with Crippen LogP contribution in [-0.4, -0.2) is 45.7 Å². The zero-order valence-electron chi connectivity index (χ0n) is 13.6. The Hall–Kier alpha value is -0.930. The van der Waals surface area contributed by atoms with Crippen molar-refractivity contribution >= 4 is 32.8 Å². The zero-order chi connectivity index (χ0) is 19.0. The van der Waals surface area contributed by atoms with E-state index < -0.39 is 20.6 Å². The van der Waals surface area contributed by atoms with E-state index in [0.717, 1.165) is 0 Å². The molecule has 0 unspecified atom stereocenters. The van der Waals surface area contributed by atoms with Crippen LogP contribution in [0.4, 0.5) is 5.82 Å². The molecule has 2 heterocycles. The quantitative estimate of drug-likeness (QED) is 0.427.